The number of carbonyl (C=O) groups excluding carboxylic acids is 1. The molecule has 0 spiro atoms. The Hall–Kier alpha value is -0.390. The molecule has 1 aromatic rings. The van der Waals surface area contributed by atoms with Crippen LogP contribution in [0.4, 0.5) is 0 Å². The van der Waals surface area contributed by atoms with E-state index in [4.69, 9.17) is 5.73 Å². The van der Waals surface area contributed by atoms with Crippen molar-refractivity contribution in [3.63, 3.8) is 0 Å². The first-order valence-corrected chi connectivity index (χ1v) is 7.73. The van der Waals surface area contributed by atoms with Crippen molar-refractivity contribution >= 4 is 33.2 Å². The van der Waals surface area contributed by atoms with E-state index in [1.54, 1.807) is 11.3 Å². The van der Waals surface area contributed by atoms with E-state index >= 15 is 0 Å². The highest BCUT2D eigenvalue weighted by molar-refractivity contribution is 9.10. The number of hydrogen-bond donors (Lipinski definition) is 2. The molecule has 1 heterocycles. The first-order chi connectivity index (χ1) is 8.35. The fraction of sp³-hybridized carbons (Fsp3) is 0.615. The summed E-state index contributed by atoms with van der Waals surface area (Å²) in [6, 6.07) is 2.11. The van der Waals surface area contributed by atoms with Crippen molar-refractivity contribution in [1.82, 2.24) is 5.32 Å². The van der Waals surface area contributed by atoms with Gasteiger partial charge in [-0.05, 0) is 34.5 Å². The lowest BCUT2D eigenvalue weighted by atomic mass is 9.91. The number of nitrogens with two attached hydrogens (primary N) is 1. The molecule has 0 radical (unpaired) electrons. The third kappa shape index (κ3) is 4.71. The number of nitrogens with one attached hydrogen (secondary N) is 1. The van der Waals surface area contributed by atoms with Crippen LogP contribution in [0.3, 0.4) is 0 Å². The van der Waals surface area contributed by atoms with Crippen molar-refractivity contribution in [3.05, 3.63) is 20.8 Å². The van der Waals surface area contributed by atoms with Gasteiger partial charge in [-0.15, -0.1) is 11.3 Å². The first-order valence-electron chi connectivity index (χ1n) is 6.06. The van der Waals surface area contributed by atoms with E-state index in [1.165, 1.54) is 4.88 Å². The second-order valence-electron chi connectivity index (χ2n) is 5.33. The van der Waals surface area contributed by atoms with Crippen LogP contribution in [0.2, 0.25) is 0 Å². The van der Waals surface area contributed by atoms with Crippen LogP contribution in [-0.2, 0) is 10.2 Å². The molecule has 1 aromatic heterocycles. The Kier molecular flexibility index (Phi) is 5.82. The van der Waals surface area contributed by atoms with Crippen LogP contribution in [0, 0.1) is 5.92 Å². The molecule has 5 heteroatoms. The Morgan fingerprint density at radius 3 is 2.78 bits per heavy atom. The molecular weight excluding hydrogens is 312 g/mol. The molecule has 1 amide bonds. The van der Waals surface area contributed by atoms with Crippen LogP contribution in [-0.4, -0.2) is 19.0 Å². The normalized spacial score (nSPS) is 13.4. The Labute approximate surface area is 121 Å². The third-order valence-corrected chi connectivity index (χ3v) is 4.96. The summed E-state index contributed by atoms with van der Waals surface area (Å²) in [7, 11) is 0. The zero-order chi connectivity index (χ0) is 13.8. The van der Waals surface area contributed by atoms with Crippen molar-refractivity contribution in [2.24, 2.45) is 11.7 Å². The molecule has 1 rings (SSSR count). The molecule has 3 nitrogen and oxygen atoms in total. The molecule has 0 bridgehead atoms. The maximum atomic E-state index is 11.7. The zero-order valence-electron chi connectivity index (χ0n) is 11.1. The van der Waals surface area contributed by atoms with E-state index in [2.05, 4.69) is 46.5 Å². The number of amides is 1. The van der Waals surface area contributed by atoms with Gasteiger partial charge in [-0.3, -0.25) is 4.79 Å². The smallest absolute Gasteiger partial charge is 0.220 e. The first kappa shape index (κ1) is 15.7. The molecule has 0 aliphatic heterocycles. The minimum Gasteiger partial charge on any atom is -0.355 e. The predicted octanol–water partition coefficient (Wildman–Crippen LogP) is 2.89. The lowest BCUT2D eigenvalue weighted by Gasteiger charge is -2.24. The molecular formula is C13H21BrN2OS. The average Bonchev–Trinajstić information content (AvgIpc) is 2.74. The molecule has 0 saturated carbocycles. The number of halogens is 1. The second-order valence-corrected chi connectivity index (χ2v) is 7.16. The zero-order valence-corrected chi connectivity index (χ0v) is 13.5. The third-order valence-electron chi connectivity index (χ3n) is 2.90. The fourth-order valence-electron chi connectivity index (χ4n) is 1.55. The van der Waals surface area contributed by atoms with Gasteiger partial charge in [0.25, 0.3) is 0 Å². The summed E-state index contributed by atoms with van der Waals surface area (Å²) in [5.74, 6) is 0.320. The van der Waals surface area contributed by atoms with Crippen molar-refractivity contribution in [2.75, 3.05) is 13.1 Å². The summed E-state index contributed by atoms with van der Waals surface area (Å²) >= 11 is 5.16. The van der Waals surface area contributed by atoms with E-state index < -0.39 is 0 Å². The summed E-state index contributed by atoms with van der Waals surface area (Å²) in [6.07, 6.45) is 0.501. The highest BCUT2D eigenvalue weighted by atomic mass is 79.9. The highest BCUT2D eigenvalue weighted by Gasteiger charge is 2.23. The molecule has 0 aliphatic carbocycles. The maximum Gasteiger partial charge on any atom is 0.220 e. The van der Waals surface area contributed by atoms with E-state index in [1.807, 2.05) is 6.92 Å². The fourth-order valence-corrected chi connectivity index (χ4v) is 3.10. The molecule has 18 heavy (non-hydrogen) atoms. The van der Waals surface area contributed by atoms with Crippen molar-refractivity contribution < 1.29 is 4.79 Å². The van der Waals surface area contributed by atoms with E-state index in [0.29, 0.717) is 19.5 Å². The van der Waals surface area contributed by atoms with Crippen molar-refractivity contribution in [1.29, 1.82) is 0 Å². The number of carbonyl (C=O) groups is 1. The molecule has 0 fully saturated rings. The summed E-state index contributed by atoms with van der Waals surface area (Å²) in [4.78, 5) is 13.0. The highest BCUT2D eigenvalue weighted by Crippen LogP contribution is 2.31. The molecule has 0 aromatic carbocycles. The Morgan fingerprint density at radius 2 is 2.28 bits per heavy atom. The largest absolute Gasteiger partial charge is 0.355 e. The molecule has 1 atom stereocenters. The molecule has 102 valence electrons. The van der Waals surface area contributed by atoms with Gasteiger partial charge in [0.15, 0.2) is 0 Å². The minimum absolute atomic E-state index is 0.0434. The summed E-state index contributed by atoms with van der Waals surface area (Å²) in [5.41, 5.74) is 5.47. The van der Waals surface area contributed by atoms with Gasteiger partial charge in [-0.25, -0.2) is 0 Å². The average molecular weight is 333 g/mol. The van der Waals surface area contributed by atoms with Gasteiger partial charge < -0.3 is 11.1 Å². The molecule has 0 aliphatic rings. The number of thiophene rings is 1. The number of rotatable bonds is 6. The summed E-state index contributed by atoms with van der Waals surface area (Å²) in [5, 5.41) is 5.06. The van der Waals surface area contributed by atoms with Gasteiger partial charge >= 0.3 is 0 Å². The molecule has 0 saturated heterocycles. The Morgan fingerprint density at radius 1 is 1.61 bits per heavy atom. The van der Waals surface area contributed by atoms with Crippen LogP contribution >= 0.6 is 27.3 Å². The van der Waals surface area contributed by atoms with Crippen molar-refractivity contribution in [2.45, 2.75) is 32.6 Å². The lowest BCUT2D eigenvalue weighted by Crippen LogP contribution is -2.37. The SMILES string of the molecule is CC(CN)CC(=O)NCC(C)(C)c1cc(Br)cs1. The monoisotopic (exact) mass is 332 g/mol. The van der Waals surface area contributed by atoms with Crippen molar-refractivity contribution in [3.8, 4) is 0 Å². The van der Waals surface area contributed by atoms with E-state index in [-0.39, 0.29) is 17.2 Å². The van der Waals surface area contributed by atoms with Crippen LogP contribution in [0.25, 0.3) is 0 Å². The second kappa shape index (κ2) is 6.68. The van der Waals surface area contributed by atoms with Gasteiger partial charge in [0.05, 0.1) is 0 Å². The van der Waals surface area contributed by atoms with Crippen LogP contribution < -0.4 is 11.1 Å². The van der Waals surface area contributed by atoms with E-state index in [0.717, 1.165) is 4.47 Å². The maximum absolute atomic E-state index is 11.7. The van der Waals surface area contributed by atoms with Gasteiger partial charge in [0, 0.05) is 33.1 Å². The minimum atomic E-state index is -0.0434. The van der Waals surface area contributed by atoms with Gasteiger partial charge in [-0.2, -0.15) is 0 Å². The standard InChI is InChI=1S/C13H21BrN2OS/c1-9(6-15)4-12(17)16-8-13(2,3)11-5-10(14)7-18-11/h5,7,9H,4,6,8,15H2,1-3H3,(H,16,17). The van der Waals surface area contributed by atoms with Crippen LogP contribution in [0.5, 0.6) is 0 Å². The summed E-state index contributed by atoms with van der Waals surface area (Å²) in [6.45, 7) is 7.46. The predicted molar refractivity (Wildman–Crippen MR) is 80.9 cm³/mol. The van der Waals surface area contributed by atoms with Gasteiger partial charge in [-0.1, -0.05) is 20.8 Å². The van der Waals surface area contributed by atoms with E-state index in [9.17, 15) is 4.79 Å². The topological polar surface area (TPSA) is 55.1 Å². The Bertz CT molecular complexity index is 403. The quantitative estimate of drug-likeness (QED) is 0.841. The van der Waals surface area contributed by atoms with Crippen LogP contribution in [0.15, 0.2) is 15.9 Å². The van der Waals surface area contributed by atoms with Gasteiger partial charge in [0.1, 0.15) is 0 Å². The van der Waals surface area contributed by atoms with Gasteiger partial charge in [0.2, 0.25) is 5.91 Å². The number of hydrogen-bond acceptors (Lipinski definition) is 3. The Balaban J connectivity index is 2.49. The summed E-state index contributed by atoms with van der Waals surface area (Å²) < 4.78 is 1.10. The molecule has 3 N–H and O–H groups in total. The molecule has 1 unspecified atom stereocenters. The lowest BCUT2D eigenvalue weighted by molar-refractivity contribution is -0.122. The van der Waals surface area contributed by atoms with Crippen LogP contribution in [0.1, 0.15) is 32.1 Å².